The molecule has 0 unspecified atom stereocenters. The van der Waals surface area contributed by atoms with Crippen LogP contribution in [0.1, 0.15) is 29.8 Å². The summed E-state index contributed by atoms with van der Waals surface area (Å²) in [6, 6.07) is 21.0. The molecule has 0 bridgehead atoms. The van der Waals surface area contributed by atoms with Crippen LogP contribution in [-0.2, 0) is 16.6 Å². The Morgan fingerprint density at radius 1 is 1.08 bits per heavy atom. The number of nitrogens with zero attached hydrogens (tertiary/aromatic N) is 2. The largest absolute Gasteiger partial charge is 0.487 e. The van der Waals surface area contributed by atoms with Gasteiger partial charge in [0.2, 0.25) is 10.0 Å². The number of likely N-dealkylation sites (N-methyl/N-ethyl adjacent to an activating group) is 1. The van der Waals surface area contributed by atoms with Crippen molar-refractivity contribution in [3.8, 4) is 16.9 Å². The lowest BCUT2D eigenvalue weighted by Crippen LogP contribution is -2.49. The summed E-state index contributed by atoms with van der Waals surface area (Å²) in [5.41, 5.74) is 2.70. The van der Waals surface area contributed by atoms with E-state index in [4.69, 9.17) is 4.74 Å². The fraction of sp³-hybridized carbons (Fsp3) is 0.345. The molecule has 0 saturated carbocycles. The van der Waals surface area contributed by atoms with Gasteiger partial charge in [-0.1, -0.05) is 61.5 Å². The molecule has 0 aliphatic carbocycles. The molecule has 0 aromatic heterocycles. The number of aliphatic hydroxyl groups is 1. The van der Waals surface area contributed by atoms with Crippen LogP contribution in [-0.4, -0.2) is 72.7 Å². The van der Waals surface area contributed by atoms with Gasteiger partial charge in [-0.2, -0.15) is 4.31 Å². The van der Waals surface area contributed by atoms with Gasteiger partial charge >= 0.3 is 5.97 Å². The number of hydrogen-bond acceptors (Lipinski definition) is 6. The number of aliphatic hydroxyl groups excluding tert-OH is 1. The van der Waals surface area contributed by atoms with Crippen LogP contribution in [0, 0.1) is 5.92 Å². The smallest absolute Gasteiger partial charge is 0.336 e. The molecule has 4 rings (SSSR count). The molecule has 0 radical (unpaired) electrons. The van der Waals surface area contributed by atoms with E-state index >= 15 is 0 Å². The van der Waals surface area contributed by atoms with Crippen molar-refractivity contribution < 1.29 is 28.2 Å². The molecule has 3 atom stereocenters. The number of ether oxygens (including phenoxy) is 1. The van der Waals surface area contributed by atoms with Gasteiger partial charge in [-0.05, 0) is 48.9 Å². The molecule has 202 valence electrons. The molecule has 8 nitrogen and oxygen atoms in total. The molecular weight excluding hydrogens is 504 g/mol. The van der Waals surface area contributed by atoms with E-state index in [2.05, 4.69) is 0 Å². The van der Waals surface area contributed by atoms with Crippen molar-refractivity contribution in [3.05, 3.63) is 83.9 Å². The predicted octanol–water partition coefficient (Wildman–Crippen LogP) is 3.95. The molecule has 0 amide bonds. The molecule has 9 heteroatoms. The third kappa shape index (κ3) is 5.91. The minimum atomic E-state index is -3.93. The van der Waals surface area contributed by atoms with E-state index in [9.17, 15) is 23.4 Å². The van der Waals surface area contributed by atoms with Crippen LogP contribution in [0.5, 0.6) is 5.75 Å². The van der Waals surface area contributed by atoms with Gasteiger partial charge in [0, 0.05) is 31.6 Å². The van der Waals surface area contributed by atoms with Crippen LogP contribution in [0.25, 0.3) is 11.1 Å². The zero-order valence-electron chi connectivity index (χ0n) is 21.8. The van der Waals surface area contributed by atoms with Gasteiger partial charge in [0.1, 0.15) is 16.7 Å². The standard InChI is InChI=1S/C29H34N2O6S/c1-20-16-31(21(2)19-32)38(35,36)28-14-13-23(22-9-5-4-6-10-22)15-26(28)37-27(20)18-30(3)17-24-11-7-8-12-25(24)29(33)34/h4-15,20-21,27,32H,16-19H2,1-3H3,(H,33,34)/t20-,21-,27-/m0/s1. The Hall–Kier alpha value is -3.24. The summed E-state index contributed by atoms with van der Waals surface area (Å²) in [5.74, 6) is -0.937. The van der Waals surface area contributed by atoms with Gasteiger partial charge in [-0.15, -0.1) is 0 Å². The van der Waals surface area contributed by atoms with Crippen molar-refractivity contribution in [1.82, 2.24) is 9.21 Å². The summed E-state index contributed by atoms with van der Waals surface area (Å²) in [4.78, 5) is 13.7. The Morgan fingerprint density at radius 3 is 2.45 bits per heavy atom. The van der Waals surface area contributed by atoms with Crippen LogP contribution < -0.4 is 4.74 Å². The van der Waals surface area contributed by atoms with Crippen molar-refractivity contribution in [1.29, 1.82) is 0 Å². The summed E-state index contributed by atoms with van der Waals surface area (Å²) >= 11 is 0. The Bertz CT molecular complexity index is 1380. The highest BCUT2D eigenvalue weighted by Gasteiger charge is 2.38. The summed E-state index contributed by atoms with van der Waals surface area (Å²) in [6.07, 6.45) is -0.398. The Balaban J connectivity index is 1.71. The molecule has 2 N–H and O–H groups in total. The second-order valence-electron chi connectivity index (χ2n) is 9.93. The van der Waals surface area contributed by atoms with Crippen molar-refractivity contribution in [2.45, 2.75) is 37.4 Å². The van der Waals surface area contributed by atoms with E-state index in [1.54, 1.807) is 43.3 Å². The summed E-state index contributed by atoms with van der Waals surface area (Å²) in [5, 5.41) is 19.4. The molecule has 1 aliphatic heterocycles. The Morgan fingerprint density at radius 2 is 1.76 bits per heavy atom. The maximum atomic E-state index is 13.7. The fourth-order valence-electron chi connectivity index (χ4n) is 4.78. The number of carboxylic acids is 1. The normalized spacial score (nSPS) is 20.1. The number of fused-ring (bicyclic) bond motifs is 1. The van der Waals surface area contributed by atoms with Crippen LogP contribution in [0.3, 0.4) is 0 Å². The molecule has 1 heterocycles. The van der Waals surface area contributed by atoms with E-state index < -0.39 is 28.1 Å². The van der Waals surface area contributed by atoms with Crippen LogP contribution in [0.4, 0.5) is 0 Å². The Labute approximate surface area is 224 Å². The lowest BCUT2D eigenvalue weighted by Gasteiger charge is -2.37. The number of carboxylic acid groups (broad SMARTS) is 1. The van der Waals surface area contributed by atoms with Gasteiger partial charge in [-0.3, -0.25) is 4.90 Å². The summed E-state index contributed by atoms with van der Waals surface area (Å²) in [7, 11) is -2.04. The van der Waals surface area contributed by atoms with Gasteiger partial charge in [0.05, 0.1) is 12.2 Å². The van der Waals surface area contributed by atoms with Crippen LogP contribution >= 0.6 is 0 Å². The molecule has 0 spiro atoms. The number of aromatic carboxylic acids is 1. The number of benzene rings is 3. The van der Waals surface area contributed by atoms with Crippen molar-refractivity contribution >= 4 is 16.0 Å². The highest BCUT2D eigenvalue weighted by atomic mass is 32.2. The van der Waals surface area contributed by atoms with Crippen LogP contribution in [0.2, 0.25) is 0 Å². The zero-order chi connectivity index (χ0) is 27.4. The molecular formula is C29H34N2O6S. The second-order valence-corrected chi connectivity index (χ2v) is 11.8. The molecule has 3 aromatic rings. The topological polar surface area (TPSA) is 107 Å². The number of hydrogen-bond donors (Lipinski definition) is 2. The zero-order valence-corrected chi connectivity index (χ0v) is 22.6. The molecule has 3 aromatic carbocycles. The number of sulfonamides is 1. The average Bonchev–Trinajstić information content (AvgIpc) is 2.90. The first-order valence-electron chi connectivity index (χ1n) is 12.6. The van der Waals surface area contributed by atoms with Gasteiger partial charge in [0.25, 0.3) is 0 Å². The van der Waals surface area contributed by atoms with Crippen molar-refractivity contribution in [2.75, 3.05) is 26.7 Å². The fourth-order valence-corrected chi connectivity index (χ4v) is 6.61. The molecule has 0 saturated heterocycles. The van der Waals surface area contributed by atoms with Gasteiger partial charge in [0.15, 0.2) is 0 Å². The lowest BCUT2D eigenvalue weighted by atomic mass is 10.0. The minimum Gasteiger partial charge on any atom is -0.487 e. The lowest BCUT2D eigenvalue weighted by molar-refractivity contribution is 0.0686. The van der Waals surface area contributed by atoms with E-state index in [0.29, 0.717) is 18.7 Å². The third-order valence-corrected chi connectivity index (χ3v) is 8.97. The van der Waals surface area contributed by atoms with E-state index in [-0.39, 0.29) is 35.3 Å². The van der Waals surface area contributed by atoms with Crippen LogP contribution in [0.15, 0.2) is 77.7 Å². The first-order chi connectivity index (χ1) is 18.1. The number of rotatable bonds is 8. The van der Waals surface area contributed by atoms with Gasteiger partial charge in [-0.25, -0.2) is 13.2 Å². The highest BCUT2D eigenvalue weighted by molar-refractivity contribution is 7.89. The summed E-state index contributed by atoms with van der Waals surface area (Å²) < 4.78 is 35.2. The van der Waals surface area contributed by atoms with E-state index in [1.807, 2.05) is 55.3 Å². The quantitative estimate of drug-likeness (QED) is 0.447. The maximum absolute atomic E-state index is 13.7. The summed E-state index contributed by atoms with van der Waals surface area (Å²) in [6.45, 7) is 4.32. The third-order valence-electron chi connectivity index (χ3n) is 6.95. The Kier molecular flexibility index (Phi) is 8.52. The minimum absolute atomic E-state index is 0.0632. The predicted molar refractivity (Wildman–Crippen MR) is 146 cm³/mol. The maximum Gasteiger partial charge on any atom is 0.336 e. The number of carbonyl (C=O) groups is 1. The van der Waals surface area contributed by atoms with Crippen molar-refractivity contribution in [2.24, 2.45) is 5.92 Å². The van der Waals surface area contributed by atoms with E-state index in [0.717, 1.165) is 11.1 Å². The molecule has 0 fully saturated rings. The monoisotopic (exact) mass is 538 g/mol. The highest BCUT2D eigenvalue weighted by Crippen LogP contribution is 2.36. The average molecular weight is 539 g/mol. The SMILES string of the molecule is C[C@H]1CN([C@@H](C)CO)S(=O)(=O)c2ccc(-c3ccccc3)cc2O[C@H]1CN(C)Cc1ccccc1C(=O)O. The molecule has 1 aliphatic rings. The first-order valence-corrected chi connectivity index (χ1v) is 14.0. The van der Waals surface area contributed by atoms with Gasteiger partial charge < -0.3 is 14.9 Å². The van der Waals surface area contributed by atoms with E-state index in [1.165, 1.54) is 4.31 Å². The second kappa shape index (κ2) is 11.7. The molecule has 38 heavy (non-hydrogen) atoms. The van der Waals surface area contributed by atoms with Crippen molar-refractivity contribution in [3.63, 3.8) is 0 Å². The first kappa shape index (κ1) is 27.8.